The Morgan fingerprint density at radius 1 is 1.26 bits per heavy atom. The number of carboxylic acid groups (broad SMARTS) is 1. The first-order chi connectivity index (χ1) is 9.08. The minimum atomic E-state index is -0.947. The number of anilines is 1. The number of carbonyl (C=O) groups is 1. The lowest BCUT2D eigenvalue weighted by Crippen LogP contribution is -2.12. The van der Waals surface area contributed by atoms with E-state index >= 15 is 0 Å². The smallest absolute Gasteiger partial charge is 0.335 e. The van der Waals surface area contributed by atoms with Gasteiger partial charge in [0.25, 0.3) is 0 Å². The molecule has 2 rings (SSSR count). The molecule has 2 N–H and O–H groups in total. The van der Waals surface area contributed by atoms with E-state index in [9.17, 15) is 4.79 Å². The lowest BCUT2D eigenvalue weighted by atomic mass is 10.2. The van der Waals surface area contributed by atoms with E-state index in [0.29, 0.717) is 4.99 Å². The van der Waals surface area contributed by atoms with E-state index in [1.807, 2.05) is 19.1 Å². The van der Waals surface area contributed by atoms with Gasteiger partial charge in [0.15, 0.2) is 0 Å². The number of nitrogens with zero attached hydrogens (tertiary/aromatic N) is 1. The molecule has 0 atom stereocenters. The van der Waals surface area contributed by atoms with E-state index in [4.69, 9.17) is 17.3 Å². The van der Waals surface area contributed by atoms with Crippen LogP contribution < -0.4 is 5.32 Å². The number of rotatable bonds is 3. The Balaban J connectivity index is 2.15. The number of hydrogen-bond acceptors (Lipinski definition) is 3. The summed E-state index contributed by atoms with van der Waals surface area (Å²) in [5, 5.41) is 11.9. The summed E-state index contributed by atoms with van der Waals surface area (Å²) in [4.78, 5) is 15.5. The van der Waals surface area contributed by atoms with Crippen molar-refractivity contribution in [3.8, 4) is 0 Å². The number of hydrogen-bond donors (Lipinski definition) is 2. The van der Waals surface area contributed by atoms with Gasteiger partial charge < -0.3 is 10.4 Å². The van der Waals surface area contributed by atoms with Crippen molar-refractivity contribution in [3.05, 3.63) is 59.4 Å². The molecule has 0 aliphatic rings. The molecule has 1 heterocycles. The predicted octanol–water partition coefficient (Wildman–Crippen LogP) is 2.88. The summed E-state index contributed by atoms with van der Waals surface area (Å²) in [6, 6.07) is 10.1. The lowest BCUT2D eigenvalue weighted by molar-refractivity contribution is 0.0697. The number of aryl methyl sites for hydroxylation is 1. The Morgan fingerprint density at radius 2 is 1.95 bits per heavy atom. The third-order valence-electron chi connectivity index (χ3n) is 2.64. The van der Waals surface area contributed by atoms with E-state index in [1.165, 1.54) is 12.1 Å². The zero-order valence-corrected chi connectivity index (χ0v) is 11.1. The van der Waals surface area contributed by atoms with Crippen molar-refractivity contribution in [1.29, 1.82) is 0 Å². The maximum Gasteiger partial charge on any atom is 0.335 e. The van der Waals surface area contributed by atoms with Gasteiger partial charge in [0, 0.05) is 23.1 Å². The van der Waals surface area contributed by atoms with Crippen molar-refractivity contribution < 1.29 is 9.90 Å². The molecule has 4 nitrogen and oxygen atoms in total. The maximum absolute atomic E-state index is 10.7. The second-order valence-electron chi connectivity index (χ2n) is 3.97. The summed E-state index contributed by atoms with van der Waals surface area (Å²) in [6.45, 7) is 1.89. The highest BCUT2D eigenvalue weighted by Gasteiger charge is 2.06. The van der Waals surface area contributed by atoms with E-state index in [2.05, 4.69) is 10.3 Å². The molecule has 2 aromatic rings. The topological polar surface area (TPSA) is 62.2 Å². The van der Waals surface area contributed by atoms with Gasteiger partial charge in [-0.05, 0) is 43.3 Å². The Labute approximate surface area is 116 Å². The van der Waals surface area contributed by atoms with Crippen molar-refractivity contribution in [2.24, 2.45) is 0 Å². The summed E-state index contributed by atoms with van der Waals surface area (Å²) in [6.07, 6.45) is 1.71. The standard InChI is InChI=1S/C14H12N2O2S/c1-9-12(3-2-8-15-9)13(19)16-11-6-4-10(5-7-11)14(17)18/h2-8H,1H3,(H,16,19)(H,17,18). The van der Waals surface area contributed by atoms with Crippen molar-refractivity contribution in [2.45, 2.75) is 6.92 Å². The minimum absolute atomic E-state index is 0.244. The van der Waals surface area contributed by atoms with E-state index in [-0.39, 0.29) is 5.56 Å². The van der Waals surface area contributed by atoms with Crippen LogP contribution in [-0.2, 0) is 0 Å². The molecular formula is C14H12N2O2S. The molecule has 0 bridgehead atoms. The van der Waals surface area contributed by atoms with Gasteiger partial charge in [-0.2, -0.15) is 0 Å². The fourth-order valence-electron chi connectivity index (χ4n) is 1.62. The molecule has 0 unspecified atom stereocenters. The van der Waals surface area contributed by atoms with Crippen LogP contribution in [0.15, 0.2) is 42.6 Å². The van der Waals surface area contributed by atoms with Crippen LogP contribution in [0.2, 0.25) is 0 Å². The molecule has 19 heavy (non-hydrogen) atoms. The predicted molar refractivity (Wildman–Crippen MR) is 77.7 cm³/mol. The van der Waals surface area contributed by atoms with Gasteiger partial charge in [0.05, 0.1) is 5.56 Å². The van der Waals surface area contributed by atoms with Crippen LogP contribution in [0.5, 0.6) is 0 Å². The molecular weight excluding hydrogens is 260 g/mol. The largest absolute Gasteiger partial charge is 0.478 e. The van der Waals surface area contributed by atoms with Gasteiger partial charge >= 0.3 is 5.97 Å². The van der Waals surface area contributed by atoms with Gasteiger partial charge in [-0.25, -0.2) is 4.79 Å². The second kappa shape index (κ2) is 5.58. The van der Waals surface area contributed by atoms with Gasteiger partial charge in [0.2, 0.25) is 0 Å². The van der Waals surface area contributed by atoms with Gasteiger partial charge in [-0.15, -0.1) is 0 Å². The van der Waals surface area contributed by atoms with Gasteiger partial charge in [-0.1, -0.05) is 12.2 Å². The molecule has 0 radical (unpaired) electrons. The first-order valence-electron chi connectivity index (χ1n) is 5.64. The Morgan fingerprint density at radius 3 is 2.53 bits per heavy atom. The highest BCUT2D eigenvalue weighted by molar-refractivity contribution is 7.81. The number of thiocarbonyl (C=S) groups is 1. The summed E-state index contributed by atoms with van der Waals surface area (Å²) < 4.78 is 0. The summed E-state index contributed by atoms with van der Waals surface area (Å²) in [5.41, 5.74) is 2.70. The number of nitrogens with one attached hydrogen (secondary N) is 1. The van der Waals surface area contributed by atoms with Crippen LogP contribution in [0.4, 0.5) is 5.69 Å². The first kappa shape index (κ1) is 13.2. The van der Waals surface area contributed by atoms with Gasteiger partial charge in [-0.3, -0.25) is 4.98 Å². The lowest BCUT2D eigenvalue weighted by Gasteiger charge is -2.09. The van der Waals surface area contributed by atoms with E-state index in [0.717, 1.165) is 16.9 Å². The van der Waals surface area contributed by atoms with Crippen molar-refractivity contribution in [1.82, 2.24) is 4.98 Å². The van der Waals surface area contributed by atoms with Crippen LogP contribution in [0.3, 0.4) is 0 Å². The van der Waals surface area contributed by atoms with Crippen LogP contribution in [0.1, 0.15) is 21.6 Å². The second-order valence-corrected chi connectivity index (χ2v) is 4.38. The molecule has 0 fully saturated rings. The van der Waals surface area contributed by atoms with E-state index in [1.54, 1.807) is 18.3 Å². The van der Waals surface area contributed by atoms with Crippen molar-refractivity contribution in [3.63, 3.8) is 0 Å². The fraction of sp³-hybridized carbons (Fsp3) is 0.0714. The number of carboxylic acids is 1. The highest BCUT2D eigenvalue weighted by Crippen LogP contribution is 2.13. The Bertz CT molecular complexity index is 624. The third kappa shape index (κ3) is 3.14. The number of benzene rings is 1. The molecule has 0 aliphatic carbocycles. The zero-order chi connectivity index (χ0) is 13.8. The van der Waals surface area contributed by atoms with Crippen molar-refractivity contribution in [2.75, 3.05) is 5.32 Å². The molecule has 0 amide bonds. The average molecular weight is 272 g/mol. The van der Waals surface area contributed by atoms with Crippen LogP contribution in [0, 0.1) is 6.92 Å². The molecule has 0 saturated heterocycles. The fourth-order valence-corrected chi connectivity index (χ4v) is 1.95. The summed E-state index contributed by atoms with van der Waals surface area (Å²) in [5.74, 6) is -0.947. The molecule has 0 aliphatic heterocycles. The summed E-state index contributed by atoms with van der Waals surface area (Å²) >= 11 is 5.31. The monoisotopic (exact) mass is 272 g/mol. The summed E-state index contributed by atoms with van der Waals surface area (Å²) in [7, 11) is 0. The minimum Gasteiger partial charge on any atom is -0.478 e. The number of pyridine rings is 1. The Hall–Kier alpha value is -2.27. The van der Waals surface area contributed by atoms with Crippen molar-refractivity contribution >= 4 is 28.9 Å². The van der Waals surface area contributed by atoms with Gasteiger partial charge in [0.1, 0.15) is 4.99 Å². The molecule has 0 spiro atoms. The molecule has 0 saturated carbocycles. The molecule has 1 aromatic carbocycles. The quantitative estimate of drug-likeness (QED) is 0.841. The normalized spacial score (nSPS) is 9.95. The number of aromatic carboxylic acids is 1. The van der Waals surface area contributed by atoms with Crippen LogP contribution in [0.25, 0.3) is 0 Å². The van der Waals surface area contributed by atoms with Crippen LogP contribution >= 0.6 is 12.2 Å². The SMILES string of the molecule is Cc1ncccc1C(=S)Nc1ccc(C(=O)O)cc1. The zero-order valence-electron chi connectivity index (χ0n) is 10.3. The average Bonchev–Trinajstić information content (AvgIpc) is 2.39. The maximum atomic E-state index is 10.7. The molecule has 1 aromatic heterocycles. The van der Waals surface area contributed by atoms with Crippen LogP contribution in [-0.4, -0.2) is 21.0 Å². The number of aromatic nitrogens is 1. The first-order valence-corrected chi connectivity index (χ1v) is 6.05. The third-order valence-corrected chi connectivity index (χ3v) is 2.96. The Kier molecular flexibility index (Phi) is 3.87. The molecule has 96 valence electrons. The highest BCUT2D eigenvalue weighted by atomic mass is 32.1. The van der Waals surface area contributed by atoms with E-state index < -0.39 is 5.97 Å². The molecule has 5 heteroatoms.